The molecule has 0 aromatic heterocycles. The van der Waals surface area contributed by atoms with Gasteiger partial charge in [0.25, 0.3) is 0 Å². The highest BCUT2D eigenvalue weighted by molar-refractivity contribution is 5.76. The Morgan fingerprint density at radius 3 is 1.62 bits per heavy atom. The van der Waals surface area contributed by atoms with Crippen LogP contribution in [0.5, 0.6) is 0 Å². The van der Waals surface area contributed by atoms with Gasteiger partial charge in [-0.1, -0.05) is 117 Å². The first-order valence-corrected chi connectivity index (χ1v) is 15.2. The summed E-state index contributed by atoms with van der Waals surface area (Å²) in [5, 5.41) is 3.33. The van der Waals surface area contributed by atoms with Crippen LogP contribution < -0.4 is 5.32 Å². The Labute approximate surface area is 214 Å². The monoisotopic (exact) mass is 479 g/mol. The molecule has 0 unspecified atom stereocenters. The fourth-order valence-corrected chi connectivity index (χ4v) is 5.26. The number of ether oxygens (including phenoxy) is 1. The van der Waals surface area contributed by atoms with Gasteiger partial charge in [-0.2, -0.15) is 0 Å². The standard InChI is InChI=1S/C31H61NO2/c1-6-7-8-9-10-11-12-13-14-15-16-17-18-19-23-30(2,3)24-20-25-31(4,5)29(33)34-28-21-26-32-27-22-28/h28,32H,6-27H2,1-5H3. The molecule has 3 heteroatoms. The summed E-state index contributed by atoms with van der Waals surface area (Å²) in [6, 6.07) is 0. The van der Waals surface area contributed by atoms with Crippen LogP contribution >= 0.6 is 0 Å². The van der Waals surface area contributed by atoms with Crippen LogP contribution in [-0.4, -0.2) is 25.2 Å². The summed E-state index contributed by atoms with van der Waals surface area (Å²) < 4.78 is 5.82. The van der Waals surface area contributed by atoms with E-state index in [0.717, 1.165) is 38.8 Å². The molecule has 0 aromatic carbocycles. The average Bonchev–Trinajstić information content (AvgIpc) is 2.79. The summed E-state index contributed by atoms with van der Waals surface area (Å²) in [6.07, 6.45) is 26.5. The number of hydrogen-bond acceptors (Lipinski definition) is 3. The highest BCUT2D eigenvalue weighted by Gasteiger charge is 2.32. The van der Waals surface area contributed by atoms with Crippen molar-refractivity contribution >= 4 is 5.97 Å². The van der Waals surface area contributed by atoms with Gasteiger partial charge in [0.1, 0.15) is 6.10 Å². The molecular weight excluding hydrogens is 418 g/mol. The molecule has 1 heterocycles. The third kappa shape index (κ3) is 16.2. The van der Waals surface area contributed by atoms with Crippen LogP contribution in [0.2, 0.25) is 0 Å². The van der Waals surface area contributed by atoms with E-state index in [1.54, 1.807) is 0 Å². The number of esters is 1. The fourth-order valence-electron chi connectivity index (χ4n) is 5.26. The number of hydrogen-bond donors (Lipinski definition) is 1. The molecule has 0 saturated carbocycles. The molecule has 0 aromatic rings. The molecule has 202 valence electrons. The summed E-state index contributed by atoms with van der Waals surface area (Å²) in [4.78, 5) is 12.7. The number of nitrogens with one attached hydrogen (secondary N) is 1. The van der Waals surface area contributed by atoms with Crippen molar-refractivity contribution in [2.75, 3.05) is 13.1 Å². The molecule has 34 heavy (non-hydrogen) atoms. The van der Waals surface area contributed by atoms with Crippen molar-refractivity contribution in [3.05, 3.63) is 0 Å². The number of rotatable bonds is 21. The van der Waals surface area contributed by atoms with Crippen molar-refractivity contribution in [3.63, 3.8) is 0 Å². The topological polar surface area (TPSA) is 38.3 Å². The smallest absolute Gasteiger partial charge is 0.311 e. The number of carbonyl (C=O) groups excluding carboxylic acids is 1. The van der Waals surface area contributed by atoms with Gasteiger partial charge in [0.15, 0.2) is 0 Å². The molecule has 0 bridgehead atoms. The summed E-state index contributed by atoms with van der Waals surface area (Å²) in [7, 11) is 0. The van der Waals surface area contributed by atoms with E-state index in [0.29, 0.717) is 5.41 Å². The lowest BCUT2D eigenvalue weighted by Gasteiger charge is -2.30. The van der Waals surface area contributed by atoms with E-state index >= 15 is 0 Å². The summed E-state index contributed by atoms with van der Waals surface area (Å²) in [5.41, 5.74) is 0.0160. The lowest BCUT2D eigenvalue weighted by Crippen LogP contribution is -2.37. The molecular formula is C31H61NO2. The lowest BCUT2D eigenvalue weighted by molar-refractivity contribution is -0.161. The van der Waals surface area contributed by atoms with E-state index in [9.17, 15) is 4.79 Å². The minimum atomic E-state index is -0.365. The zero-order chi connectivity index (χ0) is 25.1. The second-order valence-corrected chi connectivity index (χ2v) is 12.6. The predicted molar refractivity (Wildman–Crippen MR) is 148 cm³/mol. The number of carbonyl (C=O) groups is 1. The fraction of sp³-hybridized carbons (Fsp3) is 0.968. The maximum atomic E-state index is 12.7. The quantitative estimate of drug-likeness (QED) is 0.132. The molecule has 1 aliphatic rings. The van der Waals surface area contributed by atoms with Crippen LogP contribution in [0.15, 0.2) is 0 Å². The average molecular weight is 480 g/mol. The van der Waals surface area contributed by atoms with Gasteiger partial charge in [-0.25, -0.2) is 0 Å². The Kier molecular flexibility index (Phi) is 17.3. The van der Waals surface area contributed by atoms with Gasteiger partial charge in [0.2, 0.25) is 0 Å². The maximum absolute atomic E-state index is 12.7. The van der Waals surface area contributed by atoms with Gasteiger partial charge in [-0.05, 0) is 64.5 Å². The molecule has 0 atom stereocenters. The molecule has 1 rings (SSSR count). The third-order valence-corrected chi connectivity index (χ3v) is 7.97. The van der Waals surface area contributed by atoms with Gasteiger partial charge in [0.05, 0.1) is 5.41 Å². The number of piperidine rings is 1. The first-order chi connectivity index (χ1) is 16.3. The van der Waals surface area contributed by atoms with Crippen molar-refractivity contribution in [2.45, 2.75) is 169 Å². The lowest BCUT2D eigenvalue weighted by atomic mass is 9.79. The van der Waals surface area contributed by atoms with Gasteiger partial charge in [-0.3, -0.25) is 4.79 Å². The molecule has 1 N–H and O–H groups in total. The van der Waals surface area contributed by atoms with Crippen LogP contribution in [0.1, 0.15) is 163 Å². The molecule has 0 spiro atoms. The third-order valence-electron chi connectivity index (χ3n) is 7.97. The Morgan fingerprint density at radius 1 is 0.676 bits per heavy atom. The van der Waals surface area contributed by atoms with Gasteiger partial charge < -0.3 is 10.1 Å². The summed E-state index contributed by atoms with van der Waals surface area (Å²) >= 11 is 0. The van der Waals surface area contributed by atoms with E-state index in [-0.39, 0.29) is 17.5 Å². The summed E-state index contributed by atoms with van der Waals surface area (Å²) in [6.45, 7) is 13.2. The first-order valence-electron chi connectivity index (χ1n) is 15.2. The molecule has 1 aliphatic heterocycles. The first kappa shape index (κ1) is 31.5. The molecule has 0 amide bonds. The zero-order valence-electron chi connectivity index (χ0n) is 24.0. The van der Waals surface area contributed by atoms with Crippen molar-refractivity contribution in [3.8, 4) is 0 Å². The Bertz CT molecular complexity index is 494. The van der Waals surface area contributed by atoms with E-state index in [4.69, 9.17) is 4.74 Å². The minimum Gasteiger partial charge on any atom is -0.462 e. The highest BCUT2D eigenvalue weighted by Crippen LogP contribution is 2.34. The molecule has 0 radical (unpaired) electrons. The van der Waals surface area contributed by atoms with Crippen LogP contribution in [0, 0.1) is 10.8 Å². The van der Waals surface area contributed by atoms with Gasteiger partial charge in [-0.15, -0.1) is 0 Å². The molecule has 1 fully saturated rings. The van der Waals surface area contributed by atoms with E-state index in [1.807, 2.05) is 0 Å². The van der Waals surface area contributed by atoms with E-state index in [1.165, 1.54) is 103 Å². The minimum absolute atomic E-state index is 0.00387. The number of unbranched alkanes of at least 4 members (excludes halogenated alkanes) is 13. The van der Waals surface area contributed by atoms with Crippen molar-refractivity contribution < 1.29 is 9.53 Å². The molecule has 0 aliphatic carbocycles. The van der Waals surface area contributed by atoms with Crippen molar-refractivity contribution in [2.24, 2.45) is 10.8 Å². The van der Waals surface area contributed by atoms with Crippen LogP contribution in [0.3, 0.4) is 0 Å². The normalized spacial score (nSPS) is 15.6. The van der Waals surface area contributed by atoms with E-state index in [2.05, 4.69) is 39.9 Å². The second kappa shape index (κ2) is 18.7. The SMILES string of the molecule is CCCCCCCCCCCCCCCCC(C)(C)CCCC(C)(C)C(=O)OC1CCNCC1. The Balaban J connectivity index is 1.99. The van der Waals surface area contributed by atoms with Gasteiger partial charge >= 0.3 is 5.97 Å². The van der Waals surface area contributed by atoms with Crippen LogP contribution in [0.25, 0.3) is 0 Å². The largest absolute Gasteiger partial charge is 0.462 e. The van der Waals surface area contributed by atoms with Crippen LogP contribution in [-0.2, 0) is 9.53 Å². The van der Waals surface area contributed by atoms with Crippen molar-refractivity contribution in [1.82, 2.24) is 5.32 Å². The zero-order valence-corrected chi connectivity index (χ0v) is 24.0. The van der Waals surface area contributed by atoms with Gasteiger partial charge in [0, 0.05) is 0 Å². The molecule has 1 saturated heterocycles. The van der Waals surface area contributed by atoms with E-state index < -0.39 is 0 Å². The molecule has 3 nitrogen and oxygen atoms in total. The summed E-state index contributed by atoms with van der Waals surface area (Å²) in [5.74, 6) is 0.00387. The second-order valence-electron chi connectivity index (χ2n) is 12.6. The van der Waals surface area contributed by atoms with Crippen molar-refractivity contribution in [1.29, 1.82) is 0 Å². The predicted octanol–water partition coefficient (Wildman–Crippen LogP) is 9.38. The Hall–Kier alpha value is -0.570. The highest BCUT2D eigenvalue weighted by atomic mass is 16.5. The van der Waals surface area contributed by atoms with Crippen LogP contribution in [0.4, 0.5) is 0 Å². The Morgan fingerprint density at radius 2 is 1.12 bits per heavy atom. The maximum Gasteiger partial charge on any atom is 0.311 e.